The van der Waals surface area contributed by atoms with Crippen LogP contribution in [-0.4, -0.2) is 40.2 Å². The number of rotatable bonds is 6. The highest BCUT2D eigenvalue weighted by molar-refractivity contribution is 6.03. The van der Waals surface area contributed by atoms with Gasteiger partial charge in [0.2, 0.25) is 5.78 Å². The highest BCUT2D eigenvalue weighted by Crippen LogP contribution is 2.29. The summed E-state index contributed by atoms with van der Waals surface area (Å²) in [5.74, 6) is -0.826. The number of hydrogen-bond acceptors (Lipinski definition) is 6. The van der Waals surface area contributed by atoms with Gasteiger partial charge in [-0.25, -0.2) is 4.79 Å². The van der Waals surface area contributed by atoms with Gasteiger partial charge in [-0.05, 0) is 30.7 Å². The molecule has 0 fully saturated rings. The van der Waals surface area contributed by atoms with Crippen LogP contribution in [0, 0.1) is 0 Å². The van der Waals surface area contributed by atoms with Gasteiger partial charge in [-0.2, -0.15) is 5.10 Å². The van der Waals surface area contributed by atoms with Crippen LogP contribution in [0.4, 0.5) is 5.69 Å². The smallest absolute Gasteiger partial charge is 0.342 e. The molecule has 0 saturated carbocycles. The Balaban J connectivity index is 1.40. The maximum absolute atomic E-state index is 12.7. The average Bonchev–Trinajstić information content (AvgIpc) is 3.22. The molecule has 1 N–H and O–H groups in total. The van der Waals surface area contributed by atoms with E-state index in [4.69, 9.17) is 9.47 Å². The molecule has 1 atom stereocenters. The predicted octanol–water partition coefficient (Wildman–Crippen LogP) is 2.69. The van der Waals surface area contributed by atoms with Crippen molar-refractivity contribution in [3.63, 3.8) is 0 Å². The molecule has 0 radical (unpaired) electrons. The number of aromatic nitrogens is 2. The normalized spacial score (nSPS) is 13.6. The second-order valence-corrected chi connectivity index (χ2v) is 6.87. The molecule has 2 heterocycles. The highest BCUT2D eigenvalue weighted by Gasteiger charge is 2.24. The second-order valence-electron chi connectivity index (χ2n) is 6.87. The third-order valence-corrected chi connectivity index (χ3v) is 4.61. The summed E-state index contributed by atoms with van der Waals surface area (Å²) in [6.07, 6.45) is 1.99. The van der Waals surface area contributed by atoms with Gasteiger partial charge >= 0.3 is 5.97 Å². The number of benzene rings is 2. The van der Waals surface area contributed by atoms with Crippen molar-refractivity contribution in [1.29, 1.82) is 0 Å². The van der Waals surface area contributed by atoms with E-state index < -0.39 is 12.1 Å². The number of Topliss-reactive ketones (excluding diaryl/α,β-unsaturated/α-hetero) is 1. The van der Waals surface area contributed by atoms with Gasteiger partial charge < -0.3 is 14.8 Å². The number of carbonyl (C=O) groups excluding carboxylic acids is 3. The lowest BCUT2D eigenvalue weighted by Gasteiger charge is -2.19. The molecule has 8 nitrogen and oxygen atoms in total. The largest absolute Gasteiger partial charge is 0.482 e. The van der Waals surface area contributed by atoms with Gasteiger partial charge in [-0.3, -0.25) is 14.3 Å². The van der Waals surface area contributed by atoms with Gasteiger partial charge in [0.1, 0.15) is 5.75 Å². The number of amides is 1. The van der Waals surface area contributed by atoms with E-state index in [9.17, 15) is 14.4 Å². The Hall–Kier alpha value is -3.94. The molecule has 0 unspecified atom stereocenters. The van der Waals surface area contributed by atoms with Crippen LogP contribution in [0.3, 0.4) is 0 Å². The summed E-state index contributed by atoms with van der Waals surface area (Å²) in [6, 6.07) is 14.4. The van der Waals surface area contributed by atoms with Crippen LogP contribution in [0.25, 0.3) is 0 Å². The van der Waals surface area contributed by atoms with E-state index in [0.29, 0.717) is 23.5 Å². The molecule has 0 bridgehead atoms. The summed E-state index contributed by atoms with van der Waals surface area (Å²) in [7, 11) is 0. The number of anilines is 1. The zero-order chi connectivity index (χ0) is 21.1. The number of ether oxygens (including phenoxy) is 2. The first kappa shape index (κ1) is 19.4. The van der Waals surface area contributed by atoms with Crippen molar-refractivity contribution in [3.05, 3.63) is 77.6 Å². The van der Waals surface area contributed by atoms with Crippen LogP contribution in [-0.2, 0) is 16.1 Å². The van der Waals surface area contributed by atoms with Crippen LogP contribution >= 0.6 is 0 Å². The lowest BCUT2D eigenvalue weighted by molar-refractivity contribution is -0.118. The third kappa shape index (κ3) is 4.22. The molecule has 8 heteroatoms. The van der Waals surface area contributed by atoms with Crippen molar-refractivity contribution in [1.82, 2.24) is 9.78 Å². The molecule has 0 spiro atoms. The summed E-state index contributed by atoms with van der Waals surface area (Å²) in [5.41, 5.74) is 2.03. The van der Waals surface area contributed by atoms with Gasteiger partial charge in [0.15, 0.2) is 12.7 Å². The Morgan fingerprint density at radius 1 is 1.20 bits per heavy atom. The maximum atomic E-state index is 12.7. The van der Waals surface area contributed by atoms with E-state index >= 15 is 0 Å². The number of nitrogens with one attached hydrogen (secondary N) is 1. The lowest BCUT2D eigenvalue weighted by Crippen LogP contribution is -2.27. The fourth-order valence-electron chi connectivity index (χ4n) is 3.08. The maximum Gasteiger partial charge on any atom is 0.342 e. The Labute approximate surface area is 172 Å². The van der Waals surface area contributed by atoms with E-state index in [-0.39, 0.29) is 23.9 Å². The first-order chi connectivity index (χ1) is 14.5. The van der Waals surface area contributed by atoms with Crippen LogP contribution in [0.5, 0.6) is 5.75 Å². The monoisotopic (exact) mass is 405 g/mol. The van der Waals surface area contributed by atoms with Crippen LogP contribution in [0.15, 0.2) is 60.9 Å². The van der Waals surface area contributed by atoms with Gasteiger partial charge in [0, 0.05) is 11.8 Å². The minimum absolute atomic E-state index is 0.0632. The average molecular weight is 405 g/mol. The summed E-state index contributed by atoms with van der Waals surface area (Å²) in [6.45, 7) is 1.96. The molecular weight excluding hydrogens is 386 g/mol. The zero-order valence-corrected chi connectivity index (χ0v) is 16.2. The van der Waals surface area contributed by atoms with E-state index in [1.54, 1.807) is 23.0 Å². The molecule has 0 saturated heterocycles. The second kappa shape index (κ2) is 8.20. The summed E-state index contributed by atoms with van der Waals surface area (Å²) in [4.78, 5) is 36.6. The molecule has 2 aromatic carbocycles. The quantitative estimate of drug-likeness (QED) is 0.500. The van der Waals surface area contributed by atoms with Crippen LogP contribution in [0.1, 0.15) is 33.2 Å². The highest BCUT2D eigenvalue weighted by atomic mass is 16.5. The first-order valence-corrected chi connectivity index (χ1v) is 9.38. The SMILES string of the molecule is C[C@H](OC(=O)c1cnn(Cc2ccccc2)c1)C(=O)c1ccc2c(c1)NC(=O)CO2. The van der Waals surface area contributed by atoms with E-state index in [2.05, 4.69) is 10.4 Å². The fourth-order valence-corrected chi connectivity index (χ4v) is 3.08. The van der Waals surface area contributed by atoms with Gasteiger partial charge in [-0.1, -0.05) is 30.3 Å². The van der Waals surface area contributed by atoms with E-state index in [1.807, 2.05) is 30.3 Å². The van der Waals surface area contributed by atoms with Gasteiger partial charge in [0.25, 0.3) is 5.91 Å². The molecule has 152 valence electrons. The van der Waals surface area contributed by atoms with Crippen LogP contribution in [0.2, 0.25) is 0 Å². The van der Waals surface area contributed by atoms with Crippen molar-refractivity contribution in [2.24, 2.45) is 0 Å². The molecule has 1 aliphatic rings. The Morgan fingerprint density at radius 2 is 2.00 bits per heavy atom. The Morgan fingerprint density at radius 3 is 2.80 bits per heavy atom. The van der Waals surface area contributed by atoms with Crippen LogP contribution < -0.4 is 10.1 Å². The number of fused-ring (bicyclic) bond motifs is 1. The van der Waals surface area contributed by atoms with Gasteiger partial charge in [-0.15, -0.1) is 0 Å². The third-order valence-electron chi connectivity index (χ3n) is 4.61. The van der Waals surface area contributed by atoms with E-state index in [0.717, 1.165) is 5.56 Å². The predicted molar refractivity (Wildman–Crippen MR) is 108 cm³/mol. The fraction of sp³-hybridized carbons (Fsp3) is 0.182. The number of esters is 1. The molecule has 4 rings (SSSR count). The summed E-state index contributed by atoms with van der Waals surface area (Å²) in [5, 5.41) is 6.82. The van der Waals surface area contributed by atoms with Crippen molar-refractivity contribution in [2.45, 2.75) is 19.6 Å². The zero-order valence-electron chi connectivity index (χ0n) is 16.2. The standard InChI is InChI=1S/C22H19N3O5/c1-14(21(27)16-7-8-19-18(9-16)24-20(26)13-29-19)30-22(28)17-10-23-25(12-17)11-15-5-3-2-4-6-15/h2-10,12,14H,11,13H2,1H3,(H,24,26)/t14-/m0/s1. The van der Waals surface area contributed by atoms with Crippen molar-refractivity contribution >= 4 is 23.3 Å². The topological polar surface area (TPSA) is 99.5 Å². The molecule has 1 amide bonds. The van der Waals surface area contributed by atoms with Crippen molar-refractivity contribution in [2.75, 3.05) is 11.9 Å². The first-order valence-electron chi connectivity index (χ1n) is 9.38. The summed E-state index contributed by atoms with van der Waals surface area (Å²) < 4.78 is 12.2. The Kier molecular flexibility index (Phi) is 5.30. The molecule has 1 aromatic heterocycles. The number of ketones is 1. The summed E-state index contributed by atoms with van der Waals surface area (Å²) >= 11 is 0. The number of nitrogens with zero attached hydrogens (tertiary/aromatic N) is 2. The molecule has 30 heavy (non-hydrogen) atoms. The molecule has 1 aliphatic heterocycles. The number of carbonyl (C=O) groups is 3. The Bertz CT molecular complexity index is 1110. The van der Waals surface area contributed by atoms with Gasteiger partial charge in [0.05, 0.1) is 24.0 Å². The van der Waals surface area contributed by atoms with Crippen molar-refractivity contribution < 1.29 is 23.9 Å². The minimum Gasteiger partial charge on any atom is -0.482 e. The molecule has 0 aliphatic carbocycles. The van der Waals surface area contributed by atoms with Crippen molar-refractivity contribution in [3.8, 4) is 5.75 Å². The lowest BCUT2D eigenvalue weighted by atomic mass is 10.1. The molecular formula is C22H19N3O5. The minimum atomic E-state index is -1.01. The molecule has 3 aromatic rings. The van der Waals surface area contributed by atoms with E-state index in [1.165, 1.54) is 19.2 Å². The number of hydrogen-bond donors (Lipinski definition) is 1.